The van der Waals surface area contributed by atoms with Crippen molar-refractivity contribution >= 4 is 27.3 Å². The summed E-state index contributed by atoms with van der Waals surface area (Å²) in [7, 11) is -3.92. The van der Waals surface area contributed by atoms with E-state index in [0.717, 1.165) is 4.31 Å². The molecule has 2 rings (SSSR count). The van der Waals surface area contributed by atoms with Gasteiger partial charge in [-0.15, -0.1) is 11.3 Å². The maximum atomic E-state index is 12.5. The SMILES string of the molecule is O=C(O)c1ccc(S(=O)(=O)N2CCC(C(F)(F)F)CC2)s1. The fourth-order valence-corrected chi connectivity index (χ4v) is 4.89. The molecule has 1 aliphatic rings. The van der Waals surface area contributed by atoms with Crippen LogP contribution in [0, 0.1) is 5.92 Å². The van der Waals surface area contributed by atoms with Crippen LogP contribution in [0.2, 0.25) is 0 Å². The van der Waals surface area contributed by atoms with Crippen molar-refractivity contribution in [1.29, 1.82) is 0 Å². The number of halogens is 3. The van der Waals surface area contributed by atoms with Crippen LogP contribution in [0.3, 0.4) is 0 Å². The Bertz CT molecular complexity index is 630. The third-order valence-electron chi connectivity index (χ3n) is 3.30. The Labute approximate surface area is 123 Å². The van der Waals surface area contributed by atoms with E-state index in [1.807, 2.05) is 0 Å². The number of nitrogens with zero attached hydrogens (tertiary/aromatic N) is 1. The zero-order valence-electron chi connectivity index (χ0n) is 10.6. The molecular weight excluding hydrogens is 331 g/mol. The molecule has 0 atom stereocenters. The standard InChI is InChI=1S/C11H12F3NO4S2/c12-11(13,14)7-3-5-15(6-4-7)21(18,19)9-2-1-8(20-9)10(16)17/h1-2,7H,3-6H2,(H,16,17). The molecule has 1 fully saturated rings. The molecule has 2 heterocycles. The Morgan fingerprint density at radius 2 is 1.86 bits per heavy atom. The van der Waals surface area contributed by atoms with Crippen molar-refractivity contribution < 1.29 is 31.5 Å². The Hall–Kier alpha value is -1.13. The number of hydrogen-bond acceptors (Lipinski definition) is 4. The molecule has 0 spiro atoms. The summed E-state index contributed by atoms with van der Waals surface area (Å²) in [6.07, 6.45) is -4.87. The maximum absolute atomic E-state index is 12.5. The lowest BCUT2D eigenvalue weighted by molar-refractivity contribution is -0.182. The lowest BCUT2D eigenvalue weighted by Crippen LogP contribution is -2.41. The summed E-state index contributed by atoms with van der Waals surface area (Å²) in [5.74, 6) is -2.72. The zero-order valence-corrected chi connectivity index (χ0v) is 12.3. The van der Waals surface area contributed by atoms with Crippen molar-refractivity contribution in [2.75, 3.05) is 13.1 Å². The van der Waals surface area contributed by atoms with Gasteiger partial charge in [0.05, 0.1) is 5.92 Å². The normalized spacial score (nSPS) is 18.8. The molecule has 0 amide bonds. The highest BCUT2D eigenvalue weighted by Gasteiger charge is 2.43. The maximum Gasteiger partial charge on any atom is 0.391 e. The lowest BCUT2D eigenvalue weighted by atomic mass is 9.98. The van der Waals surface area contributed by atoms with Gasteiger partial charge in [0.15, 0.2) is 0 Å². The molecule has 5 nitrogen and oxygen atoms in total. The summed E-state index contributed by atoms with van der Waals surface area (Å²) in [6, 6.07) is 2.33. The summed E-state index contributed by atoms with van der Waals surface area (Å²) < 4.78 is 62.9. The molecule has 0 unspecified atom stereocenters. The highest BCUT2D eigenvalue weighted by Crippen LogP contribution is 2.36. The minimum absolute atomic E-state index is 0.126. The van der Waals surface area contributed by atoms with Gasteiger partial charge in [-0.05, 0) is 25.0 Å². The van der Waals surface area contributed by atoms with E-state index in [1.54, 1.807) is 0 Å². The Morgan fingerprint density at radius 3 is 2.29 bits per heavy atom. The van der Waals surface area contributed by atoms with Crippen LogP contribution in [-0.2, 0) is 10.0 Å². The van der Waals surface area contributed by atoms with Crippen molar-refractivity contribution in [2.45, 2.75) is 23.2 Å². The van der Waals surface area contributed by atoms with E-state index < -0.39 is 28.1 Å². The third-order valence-corrected chi connectivity index (χ3v) is 6.74. The first-order valence-corrected chi connectivity index (χ1v) is 8.28. The number of carboxylic acid groups (broad SMARTS) is 1. The van der Waals surface area contributed by atoms with Gasteiger partial charge < -0.3 is 5.11 Å². The van der Waals surface area contributed by atoms with Crippen molar-refractivity contribution in [3.63, 3.8) is 0 Å². The number of sulfonamides is 1. The number of aromatic carboxylic acids is 1. The van der Waals surface area contributed by atoms with Gasteiger partial charge in [0, 0.05) is 13.1 Å². The molecule has 1 aromatic rings. The van der Waals surface area contributed by atoms with E-state index in [4.69, 9.17) is 5.11 Å². The molecule has 118 valence electrons. The Kier molecular flexibility index (Phi) is 4.31. The molecule has 0 saturated carbocycles. The van der Waals surface area contributed by atoms with Gasteiger partial charge in [-0.25, -0.2) is 13.2 Å². The quantitative estimate of drug-likeness (QED) is 0.915. The van der Waals surface area contributed by atoms with Crippen LogP contribution < -0.4 is 0 Å². The topological polar surface area (TPSA) is 74.7 Å². The summed E-state index contributed by atoms with van der Waals surface area (Å²) in [5.41, 5.74) is 0. The second-order valence-electron chi connectivity index (χ2n) is 4.64. The smallest absolute Gasteiger partial charge is 0.391 e. The molecule has 0 aliphatic carbocycles. The number of carbonyl (C=O) groups is 1. The molecular formula is C11H12F3NO4S2. The van der Waals surface area contributed by atoms with Gasteiger partial charge in [0.2, 0.25) is 0 Å². The summed E-state index contributed by atoms with van der Waals surface area (Å²) in [6.45, 7) is -0.431. The minimum Gasteiger partial charge on any atom is -0.477 e. The summed E-state index contributed by atoms with van der Waals surface area (Å²) in [5, 5.41) is 8.78. The van der Waals surface area contributed by atoms with Crippen LogP contribution in [0.25, 0.3) is 0 Å². The van der Waals surface area contributed by atoms with Crippen molar-refractivity contribution in [3.8, 4) is 0 Å². The lowest BCUT2D eigenvalue weighted by Gasteiger charge is -2.31. The van der Waals surface area contributed by atoms with Gasteiger partial charge in [-0.2, -0.15) is 17.5 Å². The fraction of sp³-hybridized carbons (Fsp3) is 0.545. The number of hydrogen-bond donors (Lipinski definition) is 1. The summed E-state index contributed by atoms with van der Waals surface area (Å²) >= 11 is 0.597. The molecule has 1 aliphatic heterocycles. The predicted molar refractivity (Wildman–Crippen MR) is 68.8 cm³/mol. The van der Waals surface area contributed by atoms with E-state index >= 15 is 0 Å². The van der Waals surface area contributed by atoms with Crippen LogP contribution in [0.4, 0.5) is 13.2 Å². The van der Waals surface area contributed by atoms with Crippen molar-refractivity contribution in [1.82, 2.24) is 4.31 Å². The third kappa shape index (κ3) is 3.38. The van der Waals surface area contributed by atoms with Gasteiger partial charge in [-0.3, -0.25) is 0 Å². The van der Waals surface area contributed by atoms with Gasteiger partial charge in [-0.1, -0.05) is 0 Å². The molecule has 21 heavy (non-hydrogen) atoms. The molecule has 0 aromatic carbocycles. The largest absolute Gasteiger partial charge is 0.477 e. The number of rotatable bonds is 3. The van der Waals surface area contributed by atoms with Gasteiger partial charge >= 0.3 is 12.1 Å². The summed E-state index contributed by atoms with van der Waals surface area (Å²) in [4.78, 5) is 10.6. The molecule has 0 bridgehead atoms. The number of piperidine rings is 1. The molecule has 0 radical (unpaired) electrons. The molecule has 1 N–H and O–H groups in total. The average molecular weight is 343 g/mol. The van der Waals surface area contributed by atoms with Crippen LogP contribution in [0.5, 0.6) is 0 Å². The first-order chi connectivity index (χ1) is 9.62. The van der Waals surface area contributed by atoms with Crippen molar-refractivity contribution in [3.05, 3.63) is 17.0 Å². The number of alkyl halides is 3. The number of thiophene rings is 1. The van der Waals surface area contributed by atoms with E-state index in [-0.39, 0.29) is 35.0 Å². The fourth-order valence-electron chi connectivity index (χ4n) is 2.12. The number of carboxylic acids is 1. The highest BCUT2D eigenvalue weighted by atomic mass is 32.2. The Morgan fingerprint density at radius 1 is 1.29 bits per heavy atom. The molecule has 1 aromatic heterocycles. The molecule has 10 heteroatoms. The van der Waals surface area contributed by atoms with E-state index in [9.17, 15) is 26.4 Å². The van der Waals surface area contributed by atoms with Gasteiger partial charge in [0.25, 0.3) is 10.0 Å². The van der Waals surface area contributed by atoms with Crippen LogP contribution in [0.1, 0.15) is 22.5 Å². The van der Waals surface area contributed by atoms with Crippen LogP contribution >= 0.6 is 11.3 Å². The zero-order chi connectivity index (χ0) is 15.8. The second-order valence-corrected chi connectivity index (χ2v) is 7.89. The monoisotopic (exact) mass is 343 g/mol. The average Bonchev–Trinajstić information content (AvgIpc) is 2.88. The van der Waals surface area contributed by atoms with Crippen LogP contribution in [-0.4, -0.2) is 43.1 Å². The predicted octanol–water partition coefficient (Wildman–Crippen LogP) is 2.41. The van der Waals surface area contributed by atoms with E-state index in [2.05, 4.69) is 0 Å². The highest BCUT2D eigenvalue weighted by molar-refractivity contribution is 7.91. The first kappa shape index (κ1) is 16.2. The van der Waals surface area contributed by atoms with E-state index in [0.29, 0.717) is 11.3 Å². The van der Waals surface area contributed by atoms with Gasteiger partial charge in [0.1, 0.15) is 9.09 Å². The van der Waals surface area contributed by atoms with Crippen molar-refractivity contribution in [2.24, 2.45) is 5.92 Å². The molecule has 1 saturated heterocycles. The Balaban J connectivity index is 2.13. The van der Waals surface area contributed by atoms with E-state index in [1.165, 1.54) is 12.1 Å². The minimum atomic E-state index is -4.31. The van der Waals surface area contributed by atoms with Crippen LogP contribution in [0.15, 0.2) is 16.3 Å². The second kappa shape index (κ2) is 5.58. The first-order valence-electron chi connectivity index (χ1n) is 6.02.